The topological polar surface area (TPSA) is 92.6 Å². The molecule has 0 spiro atoms. The zero-order valence-electron chi connectivity index (χ0n) is 16.3. The van der Waals surface area contributed by atoms with Gasteiger partial charge in [0.05, 0.1) is 11.3 Å². The van der Waals surface area contributed by atoms with Gasteiger partial charge in [0.2, 0.25) is 11.8 Å². The van der Waals surface area contributed by atoms with E-state index < -0.39 is 11.0 Å². The molecule has 2 aromatic rings. The first kappa shape index (κ1) is 21.1. The van der Waals surface area contributed by atoms with Crippen LogP contribution in [-0.4, -0.2) is 34.7 Å². The van der Waals surface area contributed by atoms with Gasteiger partial charge in [0.1, 0.15) is 6.04 Å². The van der Waals surface area contributed by atoms with Crippen LogP contribution in [0.1, 0.15) is 30.0 Å². The minimum Gasteiger partial charge on any atom is -0.357 e. The number of hydrogen-bond acceptors (Lipinski definition) is 4. The lowest BCUT2D eigenvalue weighted by Gasteiger charge is -2.30. The molecule has 0 aliphatic rings. The Labute approximate surface area is 164 Å². The van der Waals surface area contributed by atoms with Crippen LogP contribution >= 0.6 is 0 Å². The molecule has 1 atom stereocenters. The molecule has 7 nitrogen and oxygen atoms in total. The smallest absolute Gasteiger partial charge is 0.273 e. The van der Waals surface area contributed by atoms with Crippen LogP contribution in [0.2, 0.25) is 0 Å². The number of rotatable bonds is 8. The predicted molar refractivity (Wildman–Crippen MR) is 107 cm³/mol. The van der Waals surface area contributed by atoms with Crippen molar-refractivity contribution in [3.8, 4) is 0 Å². The van der Waals surface area contributed by atoms with Crippen LogP contribution in [0.25, 0.3) is 0 Å². The first-order chi connectivity index (χ1) is 13.4. The monoisotopic (exact) mass is 383 g/mol. The standard InChI is InChI=1S/C21H25N3O4/c1-4-18(21(26)22-3)23(14-16-9-7-8-15(2)12-16)20(25)13-17-10-5-6-11-19(17)24(27)28/h5-12,18H,4,13-14H2,1-3H3,(H,22,26)/t18-/m0/s1. The van der Waals surface area contributed by atoms with Gasteiger partial charge in [-0.3, -0.25) is 19.7 Å². The highest BCUT2D eigenvalue weighted by Gasteiger charge is 2.29. The molecule has 148 valence electrons. The van der Waals surface area contributed by atoms with Crippen LogP contribution in [0, 0.1) is 17.0 Å². The van der Waals surface area contributed by atoms with Gasteiger partial charge in [-0.2, -0.15) is 0 Å². The van der Waals surface area contributed by atoms with E-state index in [1.54, 1.807) is 18.2 Å². The molecule has 0 heterocycles. The van der Waals surface area contributed by atoms with Gasteiger partial charge >= 0.3 is 0 Å². The quantitative estimate of drug-likeness (QED) is 0.560. The first-order valence-corrected chi connectivity index (χ1v) is 9.16. The van der Waals surface area contributed by atoms with Crippen molar-refractivity contribution >= 4 is 17.5 Å². The fourth-order valence-corrected chi connectivity index (χ4v) is 3.20. The second-order valence-electron chi connectivity index (χ2n) is 6.61. The van der Waals surface area contributed by atoms with Crippen molar-refractivity contribution in [3.05, 3.63) is 75.3 Å². The molecule has 0 aromatic heterocycles. The van der Waals surface area contributed by atoms with Crippen LogP contribution in [0.3, 0.4) is 0 Å². The summed E-state index contributed by atoms with van der Waals surface area (Å²) in [6.45, 7) is 4.05. The van der Waals surface area contributed by atoms with Gasteiger partial charge in [0.25, 0.3) is 5.69 Å². The second kappa shape index (κ2) is 9.64. The SMILES string of the molecule is CC[C@@H](C(=O)NC)N(Cc1cccc(C)c1)C(=O)Cc1ccccc1[N+](=O)[O-]. The van der Waals surface area contributed by atoms with Crippen LogP contribution in [0.5, 0.6) is 0 Å². The summed E-state index contributed by atoms with van der Waals surface area (Å²) in [5, 5.41) is 13.9. The molecule has 2 amide bonds. The third kappa shape index (κ3) is 5.16. The minimum absolute atomic E-state index is 0.0978. The van der Waals surface area contributed by atoms with E-state index in [9.17, 15) is 19.7 Å². The van der Waals surface area contributed by atoms with Crippen molar-refractivity contribution in [1.29, 1.82) is 0 Å². The maximum absolute atomic E-state index is 13.1. The second-order valence-corrected chi connectivity index (χ2v) is 6.61. The average Bonchev–Trinajstić information content (AvgIpc) is 2.67. The van der Waals surface area contributed by atoms with Gasteiger partial charge < -0.3 is 10.2 Å². The van der Waals surface area contributed by atoms with Crippen molar-refractivity contribution in [2.75, 3.05) is 7.05 Å². The van der Waals surface area contributed by atoms with E-state index in [4.69, 9.17) is 0 Å². The number of nitro benzene ring substituents is 1. The Morgan fingerprint density at radius 3 is 2.50 bits per heavy atom. The number of para-hydroxylation sites is 1. The summed E-state index contributed by atoms with van der Waals surface area (Å²) in [4.78, 5) is 37.8. The zero-order valence-corrected chi connectivity index (χ0v) is 16.3. The molecule has 0 saturated carbocycles. The minimum atomic E-state index is -0.652. The highest BCUT2D eigenvalue weighted by molar-refractivity contribution is 5.88. The molecule has 0 unspecified atom stereocenters. The fraction of sp³-hybridized carbons (Fsp3) is 0.333. The van der Waals surface area contributed by atoms with Crippen LogP contribution < -0.4 is 5.32 Å². The van der Waals surface area contributed by atoms with E-state index in [0.29, 0.717) is 12.0 Å². The highest BCUT2D eigenvalue weighted by atomic mass is 16.6. The van der Waals surface area contributed by atoms with Crippen LogP contribution in [0.4, 0.5) is 5.69 Å². The summed E-state index contributed by atoms with van der Waals surface area (Å²) >= 11 is 0. The largest absolute Gasteiger partial charge is 0.357 e. The molecule has 2 rings (SSSR count). The Hall–Kier alpha value is -3.22. The summed E-state index contributed by atoms with van der Waals surface area (Å²) in [7, 11) is 1.53. The molecule has 0 radical (unpaired) electrons. The molecule has 0 saturated heterocycles. The van der Waals surface area contributed by atoms with Gasteiger partial charge in [0.15, 0.2) is 0 Å². The number of carbonyl (C=O) groups is 2. The third-order valence-electron chi connectivity index (χ3n) is 4.60. The molecule has 7 heteroatoms. The lowest BCUT2D eigenvalue weighted by atomic mass is 10.0. The summed E-state index contributed by atoms with van der Waals surface area (Å²) < 4.78 is 0. The Bertz CT molecular complexity index is 866. The number of amides is 2. The zero-order chi connectivity index (χ0) is 20.7. The summed E-state index contributed by atoms with van der Waals surface area (Å²) in [5.41, 5.74) is 2.19. The predicted octanol–water partition coefficient (Wildman–Crippen LogP) is 3.00. The lowest BCUT2D eigenvalue weighted by Crippen LogP contribution is -2.48. The van der Waals surface area contributed by atoms with Crippen LogP contribution in [-0.2, 0) is 22.6 Å². The maximum atomic E-state index is 13.1. The molecular weight excluding hydrogens is 358 g/mol. The fourth-order valence-electron chi connectivity index (χ4n) is 3.20. The Balaban J connectivity index is 2.36. The Morgan fingerprint density at radius 2 is 1.89 bits per heavy atom. The summed E-state index contributed by atoms with van der Waals surface area (Å²) in [6.07, 6.45) is 0.296. The van der Waals surface area contributed by atoms with Gasteiger partial charge in [-0.15, -0.1) is 0 Å². The van der Waals surface area contributed by atoms with Crippen molar-refractivity contribution in [2.24, 2.45) is 0 Å². The van der Waals surface area contributed by atoms with E-state index in [0.717, 1.165) is 11.1 Å². The van der Waals surface area contributed by atoms with Gasteiger partial charge in [0, 0.05) is 25.2 Å². The molecule has 0 aliphatic heterocycles. The first-order valence-electron chi connectivity index (χ1n) is 9.16. The molecular formula is C21H25N3O4. The molecule has 0 bridgehead atoms. The molecule has 0 fully saturated rings. The number of benzene rings is 2. The highest BCUT2D eigenvalue weighted by Crippen LogP contribution is 2.21. The summed E-state index contributed by atoms with van der Waals surface area (Å²) in [5.74, 6) is -0.586. The number of nitrogens with one attached hydrogen (secondary N) is 1. The number of nitro groups is 1. The maximum Gasteiger partial charge on any atom is 0.273 e. The van der Waals surface area contributed by atoms with Gasteiger partial charge in [-0.05, 0) is 18.9 Å². The number of hydrogen-bond donors (Lipinski definition) is 1. The van der Waals surface area contributed by atoms with Crippen molar-refractivity contribution in [1.82, 2.24) is 10.2 Å². The molecule has 2 aromatic carbocycles. The van der Waals surface area contributed by atoms with Gasteiger partial charge in [-0.1, -0.05) is 55.0 Å². The number of nitrogens with zero attached hydrogens (tertiary/aromatic N) is 2. The van der Waals surface area contributed by atoms with E-state index in [1.807, 2.05) is 38.1 Å². The number of carbonyl (C=O) groups excluding carboxylic acids is 2. The normalized spacial score (nSPS) is 11.5. The lowest BCUT2D eigenvalue weighted by molar-refractivity contribution is -0.385. The molecule has 1 N–H and O–H groups in total. The van der Waals surface area contributed by atoms with Crippen LogP contribution in [0.15, 0.2) is 48.5 Å². The van der Waals surface area contributed by atoms with E-state index in [1.165, 1.54) is 18.0 Å². The van der Waals surface area contributed by atoms with E-state index in [-0.39, 0.29) is 30.5 Å². The van der Waals surface area contributed by atoms with Gasteiger partial charge in [-0.25, -0.2) is 0 Å². The number of aryl methyl sites for hydroxylation is 1. The Kier molecular flexibility index (Phi) is 7.26. The Morgan fingerprint density at radius 1 is 1.18 bits per heavy atom. The summed E-state index contributed by atoms with van der Waals surface area (Å²) in [6, 6.07) is 13.2. The van der Waals surface area contributed by atoms with Crippen molar-refractivity contribution in [2.45, 2.75) is 39.3 Å². The number of likely N-dealkylation sites (N-methyl/N-ethyl adjacent to an activating group) is 1. The van der Waals surface area contributed by atoms with E-state index >= 15 is 0 Å². The molecule has 28 heavy (non-hydrogen) atoms. The van der Waals surface area contributed by atoms with Crippen molar-refractivity contribution in [3.63, 3.8) is 0 Å². The molecule has 0 aliphatic carbocycles. The van der Waals surface area contributed by atoms with Crippen molar-refractivity contribution < 1.29 is 14.5 Å². The van der Waals surface area contributed by atoms with E-state index in [2.05, 4.69) is 5.32 Å². The third-order valence-corrected chi connectivity index (χ3v) is 4.60. The average molecular weight is 383 g/mol.